The van der Waals surface area contributed by atoms with E-state index in [0.29, 0.717) is 25.7 Å². The highest BCUT2D eigenvalue weighted by atomic mass is 16.6. The van der Waals surface area contributed by atoms with Crippen molar-refractivity contribution in [3.63, 3.8) is 0 Å². The van der Waals surface area contributed by atoms with E-state index in [-0.39, 0.29) is 17.7 Å². The van der Waals surface area contributed by atoms with Gasteiger partial charge in [-0.15, -0.1) is 0 Å². The van der Waals surface area contributed by atoms with Gasteiger partial charge in [-0.05, 0) is 38.0 Å². The van der Waals surface area contributed by atoms with Crippen molar-refractivity contribution in [2.24, 2.45) is 23.3 Å². The average molecular weight is 502 g/mol. The molecule has 0 rings (SSSR count). The van der Waals surface area contributed by atoms with Gasteiger partial charge in [-0.25, -0.2) is 0 Å². The van der Waals surface area contributed by atoms with Gasteiger partial charge in [0.15, 0.2) is 6.29 Å². The van der Waals surface area contributed by atoms with Crippen molar-refractivity contribution in [2.45, 2.75) is 117 Å². The highest BCUT2D eigenvalue weighted by molar-refractivity contribution is 5.91. The number of unbranched alkanes of at least 4 members (excludes halogenated alkanes) is 1. The van der Waals surface area contributed by atoms with Crippen LogP contribution in [0.15, 0.2) is 0 Å². The molecule has 0 saturated heterocycles. The molecule has 0 radical (unpaired) electrons. The number of amides is 4. The Bertz CT molecular complexity index is 687. The number of nitrogens with two attached hydrogens (primary N) is 2. The molecule has 35 heavy (non-hydrogen) atoms. The van der Waals surface area contributed by atoms with Gasteiger partial charge >= 0.3 is 0 Å². The minimum Gasteiger partial charge on any atom is -0.368 e. The van der Waals surface area contributed by atoms with Crippen LogP contribution in [0.4, 0.5) is 0 Å². The fourth-order valence-corrected chi connectivity index (χ4v) is 3.55. The summed E-state index contributed by atoms with van der Waals surface area (Å²) in [6.45, 7) is 12.5. The molecule has 0 aliphatic heterocycles. The molecule has 0 heterocycles. The highest BCUT2D eigenvalue weighted by Crippen LogP contribution is 2.13. The van der Waals surface area contributed by atoms with Gasteiger partial charge in [0.05, 0.1) is 12.1 Å². The molecular weight excluding hydrogens is 454 g/mol. The maximum absolute atomic E-state index is 13.2. The second-order valence-corrected chi connectivity index (χ2v) is 9.99. The zero-order valence-corrected chi connectivity index (χ0v) is 22.3. The minimum absolute atomic E-state index is 0.0826. The number of aliphatic hydroxyl groups is 1. The zero-order chi connectivity index (χ0) is 27.3. The van der Waals surface area contributed by atoms with Crippen LogP contribution >= 0.6 is 0 Å². The number of primary amides is 1. The number of hydrogen-bond donors (Lipinski definition) is 6. The van der Waals surface area contributed by atoms with Gasteiger partial charge in [-0.3, -0.25) is 19.2 Å². The monoisotopic (exact) mass is 501 g/mol. The van der Waals surface area contributed by atoms with E-state index in [4.69, 9.17) is 16.2 Å². The minimum atomic E-state index is -1.44. The summed E-state index contributed by atoms with van der Waals surface area (Å²) in [6.07, 6.45) is 0.388. The molecule has 11 heteroatoms. The molecule has 6 atom stereocenters. The Hall–Kier alpha value is -2.24. The molecule has 204 valence electrons. The number of rotatable bonds is 17. The third kappa shape index (κ3) is 13.4. The molecule has 0 aliphatic rings. The molecule has 0 bridgehead atoms. The summed E-state index contributed by atoms with van der Waals surface area (Å²) in [6, 6.07) is -3.56. The zero-order valence-electron chi connectivity index (χ0n) is 22.3. The molecular formula is C24H47N5O6. The van der Waals surface area contributed by atoms with Crippen LogP contribution in [0.5, 0.6) is 0 Å². The third-order valence-corrected chi connectivity index (χ3v) is 5.47. The van der Waals surface area contributed by atoms with Crippen LogP contribution in [0.3, 0.4) is 0 Å². The second-order valence-electron chi connectivity index (χ2n) is 9.99. The summed E-state index contributed by atoms with van der Waals surface area (Å²) in [5.41, 5.74) is 10.9. The molecule has 0 fully saturated rings. The molecule has 8 N–H and O–H groups in total. The number of carbonyl (C=O) groups is 4. The quantitative estimate of drug-likeness (QED) is 0.154. The highest BCUT2D eigenvalue weighted by Gasteiger charge is 2.32. The summed E-state index contributed by atoms with van der Waals surface area (Å²) < 4.78 is 5.48. The molecule has 0 aromatic heterocycles. The van der Waals surface area contributed by atoms with Crippen molar-refractivity contribution >= 4 is 23.6 Å². The normalized spacial score (nSPS) is 16.7. The predicted molar refractivity (Wildman–Crippen MR) is 134 cm³/mol. The van der Waals surface area contributed by atoms with Gasteiger partial charge in [0, 0.05) is 6.92 Å². The van der Waals surface area contributed by atoms with Gasteiger partial charge in [0.1, 0.15) is 18.1 Å². The Labute approximate surface area is 209 Å². The number of nitrogens with one attached hydrogen (secondary N) is 3. The molecule has 0 aliphatic carbocycles. The molecule has 4 amide bonds. The lowest BCUT2D eigenvalue weighted by Crippen LogP contribution is -2.57. The lowest BCUT2D eigenvalue weighted by Gasteiger charge is -2.30. The van der Waals surface area contributed by atoms with E-state index < -0.39 is 54.3 Å². The maximum Gasteiger partial charge on any atom is 0.243 e. The summed E-state index contributed by atoms with van der Waals surface area (Å²) >= 11 is 0. The van der Waals surface area contributed by atoms with E-state index in [1.165, 1.54) is 13.8 Å². The standard InChI is InChI=1S/C24H47N5O6/c1-8-9-10-17(24(34)35-15(6)20(25)21(26)31)28-23(33)19(12-14(4)5)29-22(32)18(11-13(2)3)27-16(7)30/h13-15,17-20,24,34H,8-12,25H2,1-7H3,(H2,26,31)(H,27,30)(H,28,33)(H,29,32)/t15?,17-,18-,19-,20-,24?/m0/s1. The first-order valence-electron chi connectivity index (χ1n) is 12.5. The Morgan fingerprint density at radius 1 is 0.886 bits per heavy atom. The maximum atomic E-state index is 13.2. The largest absolute Gasteiger partial charge is 0.368 e. The Morgan fingerprint density at radius 2 is 1.37 bits per heavy atom. The van der Waals surface area contributed by atoms with Gasteiger partial charge in [0.25, 0.3) is 0 Å². The average Bonchev–Trinajstić information content (AvgIpc) is 2.73. The fraction of sp³-hybridized carbons (Fsp3) is 0.833. The van der Waals surface area contributed by atoms with Gasteiger partial charge < -0.3 is 37.3 Å². The van der Waals surface area contributed by atoms with Crippen molar-refractivity contribution < 1.29 is 29.0 Å². The predicted octanol–water partition coefficient (Wildman–Crippen LogP) is 0.279. The van der Waals surface area contributed by atoms with Gasteiger partial charge in [-0.1, -0.05) is 47.5 Å². The van der Waals surface area contributed by atoms with Crippen LogP contribution in [0.2, 0.25) is 0 Å². The number of carbonyl (C=O) groups excluding carboxylic acids is 4. The lowest BCUT2D eigenvalue weighted by atomic mass is 9.99. The molecule has 0 aromatic rings. The van der Waals surface area contributed by atoms with Crippen LogP contribution in [-0.4, -0.2) is 65.3 Å². The summed E-state index contributed by atoms with van der Waals surface area (Å²) in [5, 5.41) is 18.8. The van der Waals surface area contributed by atoms with Crippen molar-refractivity contribution in [1.29, 1.82) is 0 Å². The van der Waals surface area contributed by atoms with E-state index >= 15 is 0 Å². The number of ether oxygens (including phenoxy) is 1. The first-order chi connectivity index (χ1) is 16.2. The number of hydrogen-bond acceptors (Lipinski definition) is 7. The van der Waals surface area contributed by atoms with Crippen LogP contribution in [0, 0.1) is 11.8 Å². The van der Waals surface area contributed by atoms with Gasteiger partial charge in [-0.2, -0.15) is 0 Å². The first-order valence-corrected chi connectivity index (χ1v) is 12.5. The van der Waals surface area contributed by atoms with Crippen LogP contribution < -0.4 is 27.4 Å². The van der Waals surface area contributed by atoms with Crippen molar-refractivity contribution in [3.05, 3.63) is 0 Å². The third-order valence-electron chi connectivity index (χ3n) is 5.47. The molecule has 0 aromatic carbocycles. The topological polar surface area (TPSA) is 186 Å². The second kappa shape index (κ2) is 16.4. The van der Waals surface area contributed by atoms with Crippen molar-refractivity contribution in [3.8, 4) is 0 Å². The van der Waals surface area contributed by atoms with E-state index in [9.17, 15) is 24.3 Å². The Kier molecular flexibility index (Phi) is 15.4. The summed E-state index contributed by atoms with van der Waals surface area (Å²) in [4.78, 5) is 49.1. The molecule has 0 spiro atoms. The summed E-state index contributed by atoms with van der Waals surface area (Å²) in [7, 11) is 0. The van der Waals surface area contributed by atoms with Crippen molar-refractivity contribution in [1.82, 2.24) is 16.0 Å². The fourth-order valence-electron chi connectivity index (χ4n) is 3.55. The van der Waals surface area contributed by atoms with Crippen molar-refractivity contribution in [2.75, 3.05) is 0 Å². The van der Waals surface area contributed by atoms with E-state index in [0.717, 1.165) is 6.42 Å². The number of aliphatic hydroxyl groups excluding tert-OH is 1. The lowest BCUT2D eigenvalue weighted by molar-refractivity contribution is -0.162. The van der Waals surface area contributed by atoms with Crippen LogP contribution in [0.25, 0.3) is 0 Å². The van der Waals surface area contributed by atoms with E-state index in [1.54, 1.807) is 0 Å². The first kappa shape index (κ1) is 32.8. The smallest absolute Gasteiger partial charge is 0.243 e. The van der Waals surface area contributed by atoms with E-state index in [1.807, 2.05) is 34.6 Å². The van der Waals surface area contributed by atoms with Crippen LogP contribution in [0.1, 0.15) is 80.6 Å². The molecule has 2 unspecified atom stereocenters. The Morgan fingerprint density at radius 3 is 1.80 bits per heavy atom. The van der Waals surface area contributed by atoms with Crippen LogP contribution in [-0.2, 0) is 23.9 Å². The summed E-state index contributed by atoms with van der Waals surface area (Å²) in [5.74, 6) is -1.80. The van der Waals surface area contributed by atoms with Gasteiger partial charge in [0.2, 0.25) is 23.6 Å². The Balaban J connectivity index is 5.57. The molecule has 0 saturated carbocycles. The molecule has 11 nitrogen and oxygen atoms in total. The van der Waals surface area contributed by atoms with E-state index in [2.05, 4.69) is 16.0 Å². The SMILES string of the molecule is CCCC[C@H](NC(=O)[C@H](CC(C)C)NC(=O)[C@H](CC(C)C)NC(C)=O)C(O)OC(C)[C@H](N)C(N)=O.